The van der Waals surface area contributed by atoms with Crippen LogP contribution in [0.15, 0.2) is 11.3 Å². The first-order valence-corrected chi connectivity index (χ1v) is 3.87. The van der Waals surface area contributed by atoms with Crippen LogP contribution in [-0.2, 0) is 0 Å². The number of rotatable bonds is 1. The zero-order valence-electron chi connectivity index (χ0n) is 6.15. The Morgan fingerprint density at radius 2 is 2.00 bits per heavy atom. The van der Waals surface area contributed by atoms with E-state index in [1.807, 2.05) is 13.8 Å². The minimum Gasteiger partial charge on any atom is -0.322 e. The van der Waals surface area contributed by atoms with E-state index in [-0.39, 0.29) is 5.54 Å². The van der Waals surface area contributed by atoms with Crippen molar-refractivity contribution in [2.75, 3.05) is 0 Å². The van der Waals surface area contributed by atoms with E-state index < -0.39 is 0 Å². The normalized spacial score (nSPS) is 14.8. The smallest absolute Gasteiger partial charge is 0.0326 e. The van der Waals surface area contributed by atoms with Gasteiger partial charge in [-0.3, -0.25) is 0 Å². The minimum absolute atomic E-state index is 0.105. The molecular formula is C6H15NSi. The van der Waals surface area contributed by atoms with Gasteiger partial charge in [-0.05, 0) is 20.8 Å². The molecule has 0 saturated carbocycles. The van der Waals surface area contributed by atoms with Crippen molar-refractivity contribution in [2.45, 2.75) is 26.3 Å². The van der Waals surface area contributed by atoms with E-state index in [0.717, 1.165) is 10.2 Å². The predicted molar refractivity (Wildman–Crippen MR) is 42.0 cm³/mol. The highest BCUT2D eigenvalue weighted by molar-refractivity contribution is 6.21. The molecule has 0 saturated heterocycles. The zero-order valence-corrected chi connectivity index (χ0v) is 8.15. The predicted octanol–water partition coefficient (Wildman–Crippen LogP) is -0.00710. The summed E-state index contributed by atoms with van der Waals surface area (Å²) in [7, 11) is 1.13. The standard InChI is InChI=1S/C6H15NSi/c1-5(8)4-6(2,3)7/h4H,7H2,1-3,8H3. The van der Waals surface area contributed by atoms with E-state index in [1.54, 1.807) is 0 Å². The molecule has 1 nitrogen and oxygen atoms in total. The van der Waals surface area contributed by atoms with Crippen molar-refractivity contribution in [3.05, 3.63) is 11.3 Å². The third-order valence-electron chi connectivity index (χ3n) is 0.661. The molecule has 48 valence electrons. The Bertz CT molecular complexity index is 95.6. The fraction of sp³-hybridized carbons (Fsp3) is 0.667. The highest BCUT2D eigenvalue weighted by Gasteiger charge is 2.03. The first-order valence-electron chi connectivity index (χ1n) is 2.87. The van der Waals surface area contributed by atoms with Crippen LogP contribution in [0, 0.1) is 0 Å². The monoisotopic (exact) mass is 129 g/mol. The van der Waals surface area contributed by atoms with E-state index in [2.05, 4.69) is 13.0 Å². The molecule has 0 radical (unpaired) electrons. The molecule has 8 heavy (non-hydrogen) atoms. The molecule has 0 heterocycles. The van der Waals surface area contributed by atoms with E-state index in [9.17, 15) is 0 Å². The Labute approximate surface area is 54.4 Å². The summed E-state index contributed by atoms with van der Waals surface area (Å²) in [6.07, 6.45) is 2.11. The summed E-state index contributed by atoms with van der Waals surface area (Å²) in [5, 5.41) is 1.41. The Morgan fingerprint density at radius 3 is 2.00 bits per heavy atom. The van der Waals surface area contributed by atoms with Gasteiger partial charge in [0.2, 0.25) is 0 Å². The van der Waals surface area contributed by atoms with Crippen molar-refractivity contribution in [2.24, 2.45) is 5.73 Å². The maximum absolute atomic E-state index is 5.68. The van der Waals surface area contributed by atoms with Crippen LogP contribution in [0.3, 0.4) is 0 Å². The van der Waals surface area contributed by atoms with E-state index in [0.29, 0.717) is 0 Å². The highest BCUT2D eigenvalue weighted by atomic mass is 28.1. The number of hydrogen-bond acceptors (Lipinski definition) is 1. The van der Waals surface area contributed by atoms with Crippen LogP contribution in [0.5, 0.6) is 0 Å². The molecule has 0 fully saturated rings. The average Bonchev–Trinajstić information content (AvgIpc) is 1.21. The molecule has 0 aliphatic heterocycles. The molecule has 0 amide bonds. The molecule has 2 heteroatoms. The van der Waals surface area contributed by atoms with Crippen molar-refractivity contribution in [1.82, 2.24) is 0 Å². The summed E-state index contributed by atoms with van der Waals surface area (Å²) in [4.78, 5) is 0. The molecule has 2 N–H and O–H groups in total. The second kappa shape index (κ2) is 2.46. The van der Waals surface area contributed by atoms with Gasteiger partial charge in [-0.25, -0.2) is 0 Å². The van der Waals surface area contributed by atoms with Gasteiger partial charge in [0.1, 0.15) is 0 Å². The van der Waals surface area contributed by atoms with Gasteiger partial charge >= 0.3 is 0 Å². The first kappa shape index (κ1) is 7.92. The summed E-state index contributed by atoms with van der Waals surface area (Å²) in [5.74, 6) is 0. The third kappa shape index (κ3) is 5.92. The molecule has 0 aliphatic rings. The fourth-order valence-electron chi connectivity index (χ4n) is 0.744. The van der Waals surface area contributed by atoms with Gasteiger partial charge in [0.25, 0.3) is 0 Å². The summed E-state index contributed by atoms with van der Waals surface area (Å²) in [6, 6.07) is 0. The molecule has 0 aromatic carbocycles. The lowest BCUT2D eigenvalue weighted by Gasteiger charge is -2.12. The van der Waals surface area contributed by atoms with Crippen molar-refractivity contribution < 1.29 is 0 Å². The minimum atomic E-state index is -0.105. The van der Waals surface area contributed by atoms with Gasteiger partial charge in [0.05, 0.1) is 0 Å². The van der Waals surface area contributed by atoms with E-state index in [4.69, 9.17) is 5.73 Å². The van der Waals surface area contributed by atoms with Crippen LogP contribution in [0.4, 0.5) is 0 Å². The summed E-state index contributed by atoms with van der Waals surface area (Å²) >= 11 is 0. The van der Waals surface area contributed by atoms with Crippen LogP contribution in [0.25, 0.3) is 0 Å². The van der Waals surface area contributed by atoms with Crippen molar-refractivity contribution >= 4 is 10.2 Å². The molecular weight excluding hydrogens is 114 g/mol. The van der Waals surface area contributed by atoms with Crippen molar-refractivity contribution in [3.8, 4) is 0 Å². The lowest BCUT2D eigenvalue weighted by Crippen LogP contribution is -2.29. The van der Waals surface area contributed by atoms with Crippen LogP contribution in [-0.4, -0.2) is 15.8 Å². The molecule has 0 spiro atoms. The number of nitrogens with two attached hydrogens (primary N) is 1. The van der Waals surface area contributed by atoms with Crippen LogP contribution in [0.2, 0.25) is 0 Å². The molecule has 0 unspecified atom stereocenters. The lowest BCUT2D eigenvalue weighted by atomic mass is 10.1. The average molecular weight is 129 g/mol. The molecule has 0 atom stereocenters. The second-order valence-electron chi connectivity index (χ2n) is 3.04. The summed E-state index contributed by atoms with van der Waals surface area (Å²) in [6.45, 7) is 6.13. The van der Waals surface area contributed by atoms with Crippen LogP contribution < -0.4 is 5.73 Å². The SMILES string of the molecule is CC([SiH3])=CC(C)(C)N. The van der Waals surface area contributed by atoms with Gasteiger partial charge in [0.15, 0.2) is 0 Å². The fourth-order valence-corrected chi connectivity index (χ4v) is 1.49. The Balaban J connectivity index is 3.89. The lowest BCUT2D eigenvalue weighted by molar-refractivity contribution is 0.652. The van der Waals surface area contributed by atoms with Gasteiger partial charge in [-0.1, -0.05) is 11.3 Å². The van der Waals surface area contributed by atoms with Crippen molar-refractivity contribution in [3.63, 3.8) is 0 Å². The maximum Gasteiger partial charge on any atom is 0.0326 e. The third-order valence-corrected chi connectivity index (χ3v) is 0.949. The second-order valence-corrected chi connectivity index (χ2v) is 4.62. The zero-order chi connectivity index (χ0) is 6.78. The molecule has 0 aromatic heterocycles. The first-order chi connectivity index (χ1) is 3.42. The summed E-state index contributed by atoms with van der Waals surface area (Å²) < 4.78 is 0. The largest absolute Gasteiger partial charge is 0.322 e. The molecule has 0 bridgehead atoms. The molecule has 0 aromatic rings. The summed E-state index contributed by atoms with van der Waals surface area (Å²) in [5.41, 5.74) is 5.58. The van der Waals surface area contributed by atoms with E-state index >= 15 is 0 Å². The van der Waals surface area contributed by atoms with Gasteiger partial charge in [-0.15, -0.1) is 0 Å². The Kier molecular flexibility index (Phi) is 2.44. The quantitative estimate of drug-likeness (QED) is 0.495. The molecule has 0 rings (SSSR count). The Hall–Kier alpha value is -0.0831. The van der Waals surface area contributed by atoms with Crippen molar-refractivity contribution in [1.29, 1.82) is 0 Å². The Morgan fingerprint density at radius 1 is 1.62 bits per heavy atom. The van der Waals surface area contributed by atoms with Crippen LogP contribution in [0.1, 0.15) is 20.8 Å². The topological polar surface area (TPSA) is 26.0 Å². The number of allylic oxidation sites excluding steroid dienone is 1. The van der Waals surface area contributed by atoms with E-state index in [1.165, 1.54) is 5.20 Å². The van der Waals surface area contributed by atoms with Gasteiger partial charge in [-0.2, -0.15) is 0 Å². The number of hydrogen-bond donors (Lipinski definition) is 1. The van der Waals surface area contributed by atoms with Gasteiger partial charge in [0, 0.05) is 15.8 Å². The van der Waals surface area contributed by atoms with Crippen LogP contribution >= 0.6 is 0 Å². The maximum atomic E-state index is 5.68. The molecule has 0 aliphatic carbocycles. The highest BCUT2D eigenvalue weighted by Crippen LogP contribution is 2.00. The van der Waals surface area contributed by atoms with Gasteiger partial charge < -0.3 is 5.73 Å².